The molecule has 0 spiro atoms. The molecule has 0 radical (unpaired) electrons. The smallest absolute Gasteiger partial charge is 0.320 e. The van der Waals surface area contributed by atoms with Crippen molar-refractivity contribution < 1.29 is 18.3 Å². The minimum Gasteiger partial charge on any atom is -0.457 e. The molecule has 2 aromatic heterocycles. The van der Waals surface area contributed by atoms with Gasteiger partial charge in [0.15, 0.2) is 5.82 Å². The highest BCUT2D eigenvalue weighted by atomic mass is 19.3. The Bertz CT molecular complexity index is 1080. The third-order valence-electron chi connectivity index (χ3n) is 4.24. The maximum atomic E-state index is 13.4. The molecule has 0 fully saturated rings. The van der Waals surface area contributed by atoms with Gasteiger partial charge in [-0.05, 0) is 23.8 Å². The molecule has 0 bridgehead atoms. The normalized spacial score (nSPS) is 11.5. The molecule has 5 nitrogen and oxygen atoms in total. The molecule has 7 heteroatoms. The Morgan fingerprint density at radius 2 is 1.92 bits per heavy atom. The average molecular weight is 355 g/mol. The van der Waals surface area contributed by atoms with Gasteiger partial charge in [-0.25, -0.2) is 4.98 Å². The summed E-state index contributed by atoms with van der Waals surface area (Å²) < 4.78 is 32.7. The molecular formula is C19H15F2N3O2. The number of rotatable bonds is 5. The summed E-state index contributed by atoms with van der Waals surface area (Å²) in [6.07, 6.45) is 1.80. The Hall–Kier alpha value is -3.22. The molecule has 0 atom stereocenters. The van der Waals surface area contributed by atoms with Crippen LogP contribution in [0.3, 0.4) is 0 Å². The minimum absolute atomic E-state index is 0.0217. The van der Waals surface area contributed by atoms with Gasteiger partial charge in [-0.3, -0.25) is 9.36 Å². The summed E-state index contributed by atoms with van der Waals surface area (Å²) in [5, 5.41) is 0.935. The van der Waals surface area contributed by atoms with Crippen LogP contribution in [0.25, 0.3) is 21.9 Å². The standard InChI is InChI=1S/C19H15F2N3O2/c20-19(21)24-16-8-4-3-7-15(16)23-17(24)11-26-18(25)9-12-10-22-14-6-2-1-5-13(12)14/h1-8,10,19,22H,9,11H2. The molecule has 26 heavy (non-hydrogen) atoms. The lowest BCUT2D eigenvalue weighted by atomic mass is 10.1. The van der Waals surface area contributed by atoms with Gasteiger partial charge in [0.1, 0.15) is 6.61 Å². The Morgan fingerprint density at radius 1 is 1.15 bits per heavy atom. The number of carbonyl (C=O) groups is 1. The van der Waals surface area contributed by atoms with Crippen LogP contribution in [-0.2, 0) is 22.6 Å². The number of nitrogens with zero attached hydrogens (tertiary/aromatic N) is 2. The van der Waals surface area contributed by atoms with E-state index in [0.29, 0.717) is 11.0 Å². The first-order valence-electron chi connectivity index (χ1n) is 8.08. The number of ether oxygens (including phenoxy) is 1. The molecule has 2 aromatic carbocycles. The van der Waals surface area contributed by atoms with Gasteiger partial charge < -0.3 is 9.72 Å². The summed E-state index contributed by atoms with van der Waals surface area (Å²) >= 11 is 0. The molecule has 0 aliphatic rings. The Balaban J connectivity index is 1.51. The van der Waals surface area contributed by atoms with Crippen molar-refractivity contribution in [1.29, 1.82) is 0 Å². The van der Waals surface area contributed by atoms with E-state index in [9.17, 15) is 13.6 Å². The highest BCUT2D eigenvalue weighted by molar-refractivity contribution is 5.87. The predicted molar refractivity (Wildman–Crippen MR) is 92.8 cm³/mol. The Morgan fingerprint density at radius 3 is 2.77 bits per heavy atom. The van der Waals surface area contributed by atoms with Gasteiger partial charge in [0, 0.05) is 17.1 Å². The zero-order valence-electron chi connectivity index (χ0n) is 13.7. The summed E-state index contributed by atoms with van der Waals surface area (Å²) in [7, 11) is 0. The van der Waals surface area contributed by atoms with Crippen molar-refractivity contribution in [3.05, 3.63) is 66.1 Å². The predicted octanol–water partition coefficient (Wildman–Crippen LogP) is 4.20. The number of nitrogens with one attached hydrogen (secondary N) is 1. The highest BCUT2D eigenvalue weighted by Gasteiger charge is 2.19. The van der Waals surface area contributed by atoms with Crippen LogP contribution >= 0.6 is 0 Å². The first kappa shape index (κ1) is 16.3. The van der Waals surface area contributed by atoms with E-state index >= 15 is 0 Å². The van der Waals surface area contributed by atoms with E-state index in [1.165, 1.54) is 0 Å². The zero-order chi connectivity index (χ0) is 18.1. The van der Waals surface area contributed by atoms with Gasteiger partial charge in [0.2, 0.25) is 0 Å². The fraction of sp³-hybridized carbons (Fsp3) is 0.158. The van der Waals surface area contributed by atoms with Crippen molar-refractivity contribution in [3.63, 3.8) is 0 Å². The lowest BCUT2D eigenvalue weighted by Crippen LogP contribution is -2.12. The van der Waals surface area contributed by atoms with Crippen molar-refractivity contribution >= 4 is 27.9 Å². The zero-order valence-corrected chi connectivity index (χ0v) is 13.7. The summed E-state index contributed by atoms with van der Waals surface area (Å²) in [6.45, 7) is -3.06. The Labute approximate surface area is 147 Å². The van der Waals surface area contributed by atoms with E-state index in [0.717, 1.165) is 21.0 Å². The maximum Gasteiger partial charge on any atom is 0.320 e. The molecule has 4 rings (SSSR count). The number of fused-ring (bicyclic) bond motifs is 2. The molecule has 0 saturated heterocycles. The average Bonchev–Trinajstić information content (AvgIpc) is 3.21. The molecule has 4 aromatic rings. The number of H-pyrrole nitrogens is 1. The first-order valence-corrected chi connectivity index (χ1v) is 8.08. The molecule has 0 aliphatic heterocycles. The fourth-order valence-electron chi connectivity index (χ4n) is 3.04. The van der Waals surface area contributed by atoms with Gasteiger partial charge in [-0.2, -0.15) is 8.78 Å². The number of imidazole rings is 1. The van der Waals surface area contributed by atoms with Crippen molar-refractivity contribution in [2.75, 3.05) is 0 Å². The molecule has 0 saturated carbocycles. The number of benzene rings is 2. The number of hydrogen-bond acceptors (Lipinski definition) is 3. The van der Waals surface area contributed by atoms with Gasteiger partial charge >= 0.3 is 12.5 Å². The van der Waals surface area contributed by atoms with Crippen molar-refractivity contribution in [2.24, 2.45) is 0 Å². The summed E-state index contributed by atoms with van der Waals surface area (Å²) in [6, 6.07) is 14.2. The first-order chi connectivity index (χ1) is 12.6. The number of halogens is 2. The summed E-state index contributed by atoms with van der Waals surface area (Å²) in [4.78, 5) is 19.4. The van der Waals surface area contributed by atoms with E-state index < -0.39 is 12.5 Å². The SMILES string of the molecule is O=C(Cc1c[nH]c2ccccc12)OCc1nc2ccccc2n1C(F)F. The van der Waals surface area contributed by atoms with E-state index in [1.807, 2.05) is 24.3 Å². The molecule has 0 amide bonds. The largest absolute Gasteiger partial charge is 0.457 e. The molecular weight excluding hydrogens is 340 g/mol. The van der Waals surface area contributed by atoms with Crippen molar-refractivity contribution in [3.8, 4) is 0 Å². The Kier molecular flexibility index (Phi) is 4.12. The second kappa shape index (κ2) is 6.59. The topological polar surface area (TPSA) is 59.9 Å². The second-order valence-electron chi connectivity index (χ2n) is 5.86. The van der Waals surface area contributed by atoms with Crippen LogP contribution in [0.5, 0.6) is 0 Å². The van der Waals surface area contributed by atoms with Gasteiger partial charge in [-0.1, -0.05) is 30.3 Å². The van der Waals surface area contributed by atoms with E-state index in [-0.39, 0.29) is 18.9 Å². The molecule has 2 heterocycles. The number of para-hydroxylation sites is 3. The molecule has 0 unspecified atom stereocenters. The lowest BCUT2D eigenvalue weighted by Gasteiger charge is -2.08. The monoisotopic (exact) mass is 355 g/mol. The van der Waals surface area contributed by atoms with Crippen LogP contribution in [0.1, 0.15) is 17.9 Å². The number of carbonyl (C=O) groups excluding carboxylic acids is 1. The van der Waals surface area contributed by atoms with Crippen LogP contribution in [0.4, 0.5) is 8.78 Å². The summed E-state index contributed by atoms with van der Waals surface area (Å²) in [5.41, 5.74) is 2.48. The van der Waals surface area contributed by atoms with Crippen LogP contribution in [-0.4, -0.2) is 20.5 Å². The third-order valence-corrected chi connectivity index (χ3v) is 4.24. The number of aromatic nitrogens is 3. The number of alkyl halides is 2. The minimum atomic E-state index is -2.76. The van der Waals surface area contributed by atoms with E-state index in [2.05, 4.69) is 9.97 Å². The molecule has 1 N–H and O–H groups in total. The highest BCUT2D eigenvalue weighted by Crippen LogP contribution is 2.24. The maximum absolute atomic E-state index is 13.4. The number of esters is 1. The number of aromatic amines is 1. The van der Waals surface area contributed by atoms with Gasteiger partial charge in [0.25, 0.3) is 0 Å². The summed E-state index contributed by atoms with van der Waals surface area (Å²) in [5.74, 6) is -0.476. The van der Waals surface area contributed by atoms with Crippen LogP contribution in [0.2, 0.25) is 0 Å². The van der Waals surface area contributed by atoms with Crippen LogP contribution < -0.4 is 0 Å². The molecule has 0 aliphatic carbocycles. The van der Waals surface area contributed by atoms with Gasteiger partial charge in [-0.15, -0.1) is 0 Å². The van der Waals surface area contributed by atoms with Crippen LogP contribution in [0.15, 0.2) is 54.7 Å². The van der Waals surface area contributed by atoms with Gasteiger partial charge in [0.05, 0.1) is 17.5 Å². The fourth-order valence-corrected chi connectivity index (χ4v) is 3.04. The lowest BCUT2D eigenvalue weighted by molar-refractivity contribution is -0.144. The van der Waals surface area contributed by atoms with E-state index in [4.69, 9.17) is 4.74 Å². The second-order valence-corrected chi connectivity index (χ2v) is 5.86. The van der Waals surface area contributed by atoms with E-state index in [1.54, 1.807) is 30.5 Å². The molecule has 132 valence electrons. The quantitative estimate of drug-likeness (QED) is 0.546. The third kappa shape index (κ3) is 2.92. The number of hydrogen-bond donors (Lipinski definition) is 1. The van der Waals surface area contributed by atoms with Crippen LogP contribution in [0, 0.1) is 0 Å². The van der Waals surface area contributed by atoms with Crippen molar-refractivity contribution in [2.45, 2.75) is 19.6 Å². The van der Waals surface area contributed by atoms with Crippen molar-refractivity contribution in [1.82, 2.24) is 14.5 Å².